The Hall–Kier alpha value is -2.41. The average molecular weight is 508 g/mol. The van der Waals surface area contributed by atoms with Gasteiger partial charge >= 0.3 is 0 Å². The fourth-order valence-corrected chi connectivity index (χ4v) is 5.12. The van der Waals surface area contributed by atoms with Gasteiger partial charge in [-0.3, -0.25) is 19.2 Å². The normalized spacial score (nSPS) is 22.3. The van der Waals surface area contributed by atoms with Gasteiger partial charge in [-0.25, -0.2) is 5.01 Å². The van der Waals surface area contributed by atoms with Gasteiger partial charge in [0.15, 0.2) is 5.78 Å². The smallest absolute Gasteiger partial charge is 0.274 e. The summed E-state index contributed by atoms with van der Waals surface area (Å²) in [6, 6.07) is 10.4. The molecular weight excluding hydrogens is 487 g/mol. The van der Waals surface area contributed by atoms with E-state index in [0.29, 0.717) is 34.4 Å². The Balaban J connectivity index is 1.71. The van der Waals surface area contributed by atoms with Crippen LogP contribution < -0.4 is 0 Å². The van der Waals surface area contributed by atoms with Crippen molar-refractivity contribution in [1.82, 2.24) is 10.0 Å². The molecule has 1 heterocycles. The standard InChI is InChI=1S/C24H21Cl3N2O4/c1-13-2-8-17-19(10-13)24(33)29(23(17)32)28(12-21(30)14-3-5-15(25)6-4-14)22(31)18-9-7-16(26)11-20(18)27/h3-7,9,11,13,17,19H,2,8,10,12H2,1H3/t13-,17-,19-/m1/s1. The monoisotopic (exact) mass is 506 g/mol. The van der Waals surface area contributed by atoms with Gasteiger partial charge in [-0.15, -0.1) is 0 Å². The van der Waals surface area contributed by atoms with Gasteiger partial charge in [-0.2, -0.15) is 5.01 Å². The molecular formula is C24H21Cl3N2O4. The molecule has 0 aromatic heterocycles. The number of carbonyl (C=O) groups excluding carboxylic acids is 4. The number of amides is 3. The van der Waals surface area contributed by atoms with Crippen molar-refractivity contribution in [2.45, 2.75) is 26.2 Å². The van der Waals surface area contributed by atoms with Crippen molar-refractivity contribution in [3.05, 3.63) is 68.7 Å². The van der Waals surface area contributed by atoms with Crippen LogP contribution in [-0.2, 0) is 9.59 Å². The number of benzene rings is 2. The number of carbonyl (C=O) groups is 4. The molecule has 2 aromatic rings. The highest BCUT2D eigenvalue weighted by Crippen LogP contribution is 2.41. The first-order valence-electron chi connectivity index (χ1n) is 10.6. The van der Waals surface area contributed by atoms with E-state index in [1.165, 1.54) is 30.3 Å². The van der Waals surface area contributed by atoms with Gasteiger partial charge in [0.25, 0.3) is 17.7 Å². The summed E-state index contributed by atoms with van der Waals surface area (Å²) in [7, 11) is 0. The number of hydrogen-bond donors (Lipinski definition) is 0. The second kappa shape index (κ2) is 9.45. The van der Waals surface area contributed by atoms with E-state index >= 15 is 0 Å². The van der Waals surface area contributed by atoms with Crippen molar-refractivity contribution in [1.29, 1.82) is 0 Å². The third-order valence-corrected chi connectivity index (χ3v) is 7.06. The summed E-state index contributed by atoms with van der Waals surface area (Å²) in [6.07, 6.45) is 1.97. The lowest BCUT2D eigenvalue weighted by atomic mass is 9.76. The molecule has 0 N–H and O–H groups in total. The Morgan fingerprint density at radius 3 is 2.24 bits per heavy atom. The molecule has 9 heteroatoms. The molecule has 1 saturated carbocycles. The molecule has 6 nitrogen and oxygen atoms in total. The SMILES string of the molecule is C[C@@H]1CC[C@H]2C(=O)N(N(CC(=O)c3ccc(Cl)cc3)C(=O)c3ccc(Cl)cc3Cl)C(=O)[C@@H]2C1. The van der Waals surface area contributed by atoms with Crippen molar-refractivity contribution in [3.63, 3.8) is 0 Å². The number of ketones is 1. The number of halogens is 3. The molecule has 4 rings (SSSR count). The van der Waals surface area contributed by atoms with Crippen molar-refractivity contribution in [2.75, 3.05) is 6.54 Å². The van der Waals surface area contributed by atoms with Crippen LogP contribution in [-0.4, -0.2) is 40.1 Å². The Kier molecular flexibility index (Phi) is 6.80. The fraction of sp³-hybridized carbons (Fsp3) is 0.333. The van der Waals surface area contributed by atoms with Gasteiger partial charge in [0.05, 0.1) is 22.4 Å². The fourth-order valence-electron chi connectivity index (χ4n) is 4.51. The topological polar surface area (TPSA) is 74.8 Å². The molecule has 0 radical (unpaired) electrons. The summed E-state index contributed by atoms with van der Waals surface area (Å²) in [5.74, 6) is -2.79. The molecule has 172 valence electrons. The molecule has 2 fully saturated rings. The summed E-state index contributed by atoms with van der Waals surface area (Å²) >= 11 is 18.1. The van der Waals surface area contributed by atoms with E-state index in [-0.39, 0.29) is 10.6 Å². The first-order chi connectivity index (χ1) is 15.7. The Bertz CT molecular complexity index is 1140. The van der Waals surface area contributed by atoms with Crippen LogP contribution in [0, 0.1) is 17.8 Å². The van der Waals surface area contributed by atoms with E-state index in [4.69, 9.17) is 34.8 Å². The summed E-state index contributed by atoms with van der Waals surface area (Å²) in [4.78, 5) is 53.1. The minimum Gasteiger partial charge on any atom is -0.292 e. The van der Waals surface area contributed by atoms with E-state index in [9.17, 15) is 19.2 Å². The van der Waals surface area contributed by atoms with Crippen LogP contribution in [0.2, 0.25) is 15.1 Å². The molecule has 3 atom stereocenters. The van der Waals surface area contributed by atoms with Crippen molar-refractivity contribution < 1.29 is 19.2 Å². The molecule has 2 aliphatic rings. The molecule has 0 bridgehead atoms. The third kappa shape index (κ3) is 4.65. The van der Waals surface area contributed by atoms with Crippen molar-refractivity contribution in [3.8, 4) is 0 Å². The predicted molar refractivity (Wildman–Crippen MR) is 125 cm³/mol. The third-order valence-electron chi connectivity index (χ3n) is 6.26. The highest BCUT2D eigenvalue weighted by Gasteiger charge is 2.53. The summed E-state index contributed by atoms with van der Waals surface area (Å²) in [6.45, 7) is 1.53. The number of hydrogen-bond acceptors (Lipinski definition) is 4. The van der Waals surface area contributed by atoms with E-state index < -0.39 is 41.9 Å². The molecule has 1 saturated heterocycles. The number of Topliss-reactive ketones (excluding diaryl/α,β-unsaturated/α-hetero) is 1. The number of hydrazine groups is 1. The van der Waals surface area contributed by atoms with Gasteiger partial charge in [-0.1, -0.05) is 41.7 Å². The average Bonchev–Trinajstić information content (AvgIpc) is 3.01. The van der Waals surface area contributed by atoms with Crippen LogP contribution in [0.3, 0.4) is 0 Å². The number of fused-ring (bicyclic) bond motifs is 1. The lowest BCUT2D eigenvalue weighted by molar-refractivity contribution is -0.154. The van der Waals surface area contributed by atoms with Crippen molar-refractivity contribution in [2.24, 2.45) is 17.8 Å². The summed E-state index contributed by atoms with van der Waals surface area (Å²) in [5, 5.41) is 2.61. The van der Waals surface area contributed by atoms with Gasteiger partial charge in [0, 0.05) is 15.6 Å². The maximum Gasteiger partial charge on any atom is 0.274 e. The number of nitrogens with zero attached hydrogens (tertiary/aromatic N) is 2. The Morgan fingerprint density at radius 1 is 0.939 bits per heavy atom. The zero-order valence-corrected chi connectivity index (χ0v) is 20.0. The lowest BCUT2D eigenvalue weighted by Gasteiger charge is -2.30. The van der Waals surface area contributed by atoms with Crippen molar-refractivity contribution >= 4 is 58.3 Å². The van der Waals surface area contributed by atoms with Crippen LogP contribution in [0.1, 0.15) is 46.9 Å². The predicted octanol–water partition coefficient (Wildman–Crippen LogP) is 5.31. The van der Waals surface area contributed by atoms with E-state index in [2.05, 4.69) is 0 Å². The van der Waals surface area contributed by atoms with Crippen LogP contribution >= 0.6 is 34.8 Å². The molecule has 1 aliphatic carbocycles. The quantitative estimate of drug-likeness (QED) is 0.406. The minimum atomic E-state index is -0.729. The molecule has 0 unspecified atom stereocenters. The van der Waals surface area contributed by atoms with E-state index in [1.54, 1.807) is 12.1 Å². The lowest BCUT2D eigenvalue weighted by Crippen LogP contribution is -2.52. The molecule has 1 aliphatic heterocycles. The highest BCUT2D eigenvalue weighted by molar-refractivity contribution is 6.36. The Morgan fingerprint density at radius 2 is 1.58 bits per heavy atom. The minimum absolute atomic E-state index is 0.0359. The van der Waals surface area contributed by atoms with Crippen LogP contribution in [0.5, 0.6) is 0 Å². The maximum atomic E-state index is 13.5. The van der Waals surface area contributed by atoms with Crippen LogP contribution in [0.4, 0.5) is 0 Å². The highest BCUT2D eigenvalue weighted by atomic mass is 35.5. The zero-order chi connectivity index (χ0) is 23.9. The van der Waals surface area contributed by atoms with E-state index in [0.717, 1.165) is 16.4 Å². The number of rotatable bonds is 5. The first kappa shape index (κ1) is 23.7. The maximum absolute atomic E-state index is 13.5. The Labute approximate surface area is 206 Å². The van der Waals surface area contributed by atoms with Crippen LogP contribution in [0.25, 0.3) is 0 Å². The number of imide groups is 1. The first-order valence-corrected chi connectivity index (χ1v) is 11.7. The van der Waals surface area contributed by atoms with Gasteiger partial charge in [0.1, 0.15) is 6.54 Å². The van der Waals surface area contributed by atoms with Gasteiger partial charge in [0.2, 0.25) is 0 Å². The largest absolute Gasteiger partial charge is 0.292 e. The summed E-state index contributed by atoms with van der Waals surface area (Å²) in [5.41, 5.74) is 0.332. The zero-order valence-electron chi connectivity index (χ0n) is 17.8. The molecule has 3 amide bonds. The van der Waals surface area contributed by atoms with E-state index in [1.807, 2.05) is 6.92 Å². The molecule has 0 spiro atoms. The second-order valence-electron chi connectivity index (χ2n) is 8.54. The van der Waals surface area contributed by atoms with Gasteiger partial charge < -0.3 is 0 Å². The molecule has 2 aromatic carbocycles. The van der Waals surface area contributed by atoms with Crippen LogP contribution in [0.15, 0.2) is 42.5 Å². The molecule has 33 heavy (non-hydrogen) atoms. The van der Waals surface area contributed by atoms with Gasteiger partial charge in [-0.05, 0) is 67.6 Å². The second-order valence-corrected chi connectivity index (χ2v) is 9.82. The summed E-state index contributed by atoms with van der Waals surface area (Å²) < 4.78 is 0.